The van der Waals surface area contributed by atoms with E-state index in [9.17, 15) is 5.11 Å². The van der Waals surface area contributed by atoms with E-state index in [-0.39, 0.29) is 6.10 Å². The first kappa shape index (κ1) is 22.4. The maximum atomic E-state index is 10.5. The normalized spacial score (nSPS) is 28.4. The molecule has 0 aromatic carbocycles. The van der Waals surface area contributed by atoms with Crippen LogP contribution in [0.15, 0.2) is 35.5 Å². The Morgan fingerprint density at radius 1 is 1.19 bits per heavy atom. The third-order valence-corrected chi connectivity index (χ3v) is 6.52. The van der Waals surface area contributed by atoms with Crippen molar-refractivity contribution in [3.05, 3.63) is 35.5 Å². The van der Waals surface area contributed by atoms with Crippen molar-refractivity contribution in [2.24, 2.45) is 17.8 Å². The number of aliphatic hydroxyl groups is 1. The van der Waals surface area contributed by atoms with Gasteiger partial charge in [0.05, 0.1) is 6.10 Å². The van der Waals surface area contributed by atoms with Gasteiger partial charge in [0.25, 0.3) is 0 Å². The monoisotopic (exact) mass is 373 g/mol. The fourth-order valence-electron chi connectivity index (χ4n) is 4.85. The molecule has 0 aromatic heterocycles. The molecule has 0 aliphatic heterocycles. The third kappa shape index (κ3) is 7.23. The van der Waals surface area contributed by atoms with Crippen LogP contribution in [0.5, 0.6) is 0 Å². The Kier molecular flexibility index (Phi) is 9.86. The molecule has 0 saturated heterocycles. The van der Waals surface area contributed by atoms with E-state index in [4.69, 9.17) is 0 Å². The zero-order valence-corrected chi connectivity index (χ0v) is 18.3. The highest BCUT2D eigenvalue weighted by Crippen LogP contribution is 2.48. The average molecular weight is 374 g/mol. The fourth-order valence-corrected chi connectivity index (χ4v) is 4.85. The van der Waals surface area contributed by atoms with Crippen LogP contribution >= 0.6 is 0 Å². The predicted molar refractivity (Wildman–Crippen MR) is 118 cm³/mol. The fraction of sp³-hybridized carbons (Fsp3) is 0.760. The molecule has 2 aliphatic rings. The van der Waals surface area contributed by atoms with Crippen LogP contribution in [0.4, 0.5) is 0 Å². The summed E-state index contributed by atoms with van der Waals surface area (Å²) in [5, 5.41) is 10.5. The van der Waals surface area contributed by atoms with Crippen LogP contribution in [0, 0.1) is 17.8 Å². The number of unbranched alkanes of at least 4 members (excludes halogenated alkanes) is 3. The zero-order valence-electron chi connectivity index (χ0n) is 18.3. The molecule has 1 N–H and O–H groups in total. The summed E-state index contributed by atoms with van der Waals surface area (Å²) in [5.74, 6) is 1.60. The lowest BCUT2D eigenvalue weighted by molar-refractivity contribution is 0.141. The predicted octanol–water partition coefficient (Wildman–Crippen LogP) is 6.13. The summed E-state index contributed by atoms with van der Waals surface area (Å²) in [4.78, 5) is 2.28. The first-order valence-electron chi connectivity index (χ1n) is 11.4. The van der Waals surface area contributed by atoms with Crippen LogP contribution in [0.25, 0.3) is 0 Å². The minimum absolute atomic E-state index is 0.150. The first-order valence-corrected chi connectivity index (χ1v) is 11.4. The number of rotatable bonds is 12. The number of aliphatic hydroxyl groups excluding tert-OH is 1. The quantitative estimate of drug-likeness (QED) is 0.252. The van der Waals surface area contributed by atoms with Gasteiger partial charge < -0.3 is 10.0 Å². The summed E-state index contributed by atoms with van der Waals surface area (Å²) in [6.07, 6.45) is 21.5. The van der Waals surface area contributed by atoms with E-state index < -0.39 is 0 Å². The molecule has 0 aromatic rings. The van der Waals surface area contributed by atoms with Crippen molar-refractivity contribution >= 4 is 0 Å². The average Bonchev–Trinajstić information content (AvgIpc) is 3.14. The summed E-state index contributed by atoms with van der Waals surface area (Å²) in [5.41, 5.74) is 3.20. The van der Waals surface area contributed by atoms with Crippen LogP contribution < -0.4 is 0 Å². The smallest absolute Gasteiger partial charge is 0.0611 e. The second-order valence-electron chi connectivity index (χ2n) is 9.02. The van der Waals surface area contributed by atoms with Crippen LogP contribution in [0.1, 0.15) is 78.1 Å². The minimum atomic E-state index is -0.150. The second kappa shape index (κ2) is 11.9. The number of fused-ring (bicyclic) bond motifs is 1. The molecule has 0 amide bonds. The number of nitrogens with zero attached hydrogens (tertiary/aromatic N) is 1. The molecule has 2 rings (SSSR count). The van der Waals surface area contributed by atoms with Gasteiger partial charge in [-0.1, -0.05) is 62.1 Å². The molecule has 2 nitrogen and oxygen atoms in total. The van der Waals surface area contributed by atoms with Gasteiger partial charge in [-0.15, -0.1) is 0 Å². The Balaban J connectivity index is 1.81. The Hall–Kier alpha value is -0.860. The van der Waals surface area contributed by atoms with E-state index in [0.29, 0.717) is 17.8 Å². The van der Waals surface area contributed by atoms with E-state index in [1.54, 1.807) is 11.1 Å². The van der Waals surface area contributed by atoms with Gasteiger partial charge in [-0.3, -0.25) is 0 Å². The molecular weight excluding hydrogens is 330 g/mol. The van der Waals surface area contributed by atoms with Crippen molar-refractivity contribution in [2.45, 2.75) is 84.2 Å². The maximum absolute atomic E-state index is 10.5. The van der Waals surface area contributed by atoms with Gasteiger partial charge in [0.1, 0.15) is 0 Å². The van der Waals surface area contributed by atoms with Crippen molar-refractivity contribution in [1.29, 1.82) is 0 Å². The van der Waals surface area contributed by atoms with Gasteiger partial charge >= 0.3 is 0 Å². The van der Waals surface area contributed by atoms with Gasteiger partial charge in [0.2, 0.25) is 0 Å². The molecule has 4 atom stereocenters. The number of allylic oxidation sites excluding steroid dienone is 5. The van der Waals surface area contributed by atoms with E-state index in [2.05, 4.69) is 57.1 Å². The van der Waals surface area contributed by atoms with Crippen LogP contribution in [-0.2, 0) is 0 Å². The number of hydrogen-bond acceptors (Lipinski definition) is 2. The Morgan fingerprint density at radius 2 is 2.00 bits per heavy atom. The molecule has 0 unspecified atom stereocenters. The van der Waals surface area contributed by atoms with Crippen molar-refractivity contribution in [3.8, 4) is 0 Å². The Bertz CT molecular complexity index is 516. The van der Waals surface area contributed by atoms with Crippen LogP contribution in [-0.4, -0.2) is 36.8 Å². The number of hydrogen-bond donors (Lipinski definition) is 1. The van der Waals surface area contributed by atoms with Crippen molar-refractivity contribution in [2.75, 3.05) is 20.6 Å². The highest BCUT2D eigenvalue weighted by molar-refractivity contribution is 5.22. The molecule has 154 valence electrons. The van der Waals surface area contributed by atoms with E-state index in [0.717, 1.165) is 12.8 Å². The summed E-state index contributed by atoms with van der Waals surface area (Å²) >= 11 is 0. The van der Waals surface area contributed by atoms with E-state index in [1.807, 2.05) is 0 Å². The molecule has 1 fully saturated rings. The lowest BCUT2D eigenvalue weighted by Crippen LogP contribution is -2.17. The molecular formula is C25H43NO. The zero-order chi connectivity index (χ0) is 19.6. The Labute approximate surface area is 168 Å². The van der Waals surface area contributed by atoms with E-state index >= 15 is 0 Å². The van der Waals surface area contributed by atoms with Gasteiger partial charge in [0.15, 0.2) is 0 Å². The van der Waals surface area contributed by atoms with Crippen LogP contribution in [0.2, 0.25) is 0 Å². The molecule has 1 saturated carbocycles. The largest absolute Gasteiger partial charge is 0.392 e. The highest BCUT2D eigenvalue weighted by Gasteiger charge is 2.42. The van der Waals surface area contributed by atoms with Gasteiger partial charge in [-0.25, -0.2) is 0 Å². The van der Waals surface area contributed by atoms with Gasteiger partial charge in [-0.2, -0.15) is 0 Å². The maximum Gasteiger partial charge on any atom is 0.0611 e. The Morgan fingerprint density at radius 3 is 2.70 bits per heavy atom. The summed E-state index contributed by atoms with van der Waals surface area (Å²) in [6, 6.07) is 0. The SMILES string of the molecule is CCCCC(=CC=C[C@@H]1[C@H]2CC(CCCCCN(C)C)=C[C@H]2C[C@H]1O)CC. The first-order chi connectivity index (χ1) is 13.0. The molecule has 0 heterocycles. The lowest BCUT2D eigenvalue weighted by atomic mass is 9.88. The van der Waals surface area contributed by atoms with Crippen molar-refractivity contribution < 1.29 is 5.11 Å². The highest BCUT2D eigenvalue weighted by atomic mass is 16.3. The van der Waals surface area contributed by atoms with Crippen molar-refractivity contribution in [1.82, 2.24) is 4.90 Å². The standard InChI is InChI=1S/C25H43NO/c1-5-7-12-20(6-2)14-11-15-23-24-18-21(17-22(24)19-25(23)27)13-9-8-10-16-26(3)4/h11,14-15,17,22-25,27H,5-10,12-13,16,18-19H2,1-4H3/t22-,23+,24-,25+/m0/s1. The van der Waals surface area contributed by atoms with Gasteiger partial charge in [0, 0.05) is 5.92 Å². The molecule has 2 heteroatoms. The summed E-state index contributed by atoms with van der Waals surface area (Å²) < 4.78 is 0. The topological polar surface area (TPSA) is 23.5 Å². The van der Waals surface area contributed by atoms with Crippen molar-refractivity contribution in [3.63, 3.8) is 0 Å². The molecule has 0 bridgehead atoms. The second-order valence-corrected chi connectivity index (χ2v) is 9.02. The van der Waals surface area contributed by atoms with Crippen LogP contribution in [0.3, 0.4) is 0 Å². The minimum Gasteiger partial charge on any atom is -0.392 e. The molecule has 27 heavy (non-hydrogen) atoms. The third-order valence-electron chi connectivity index (χ3n) is 6.52. The van der Waals surface area contributed by atoms with E-state index in [1.165, 1.54) is 57.9 Å². The summed E-state index contributed by atoms with van der Waals surface area (Å²) in [7, 11) is 4.31. The summed E-state index contributed by atoms with van der Waals surface area (Å²) in [6.45, 7) is 5.71. The molecule has 2 aliphatic carbocycles. The lowest BCUT2D eigenvalue weighted by Gasteiger charge is -2.18. The van der Waals surface area contributed by atoms with Gasteiger partial charge in [-0.05, 0) is 83.8 Å². The molecule has 0 spiro atoms. The molecule has 0 radical (unpaired) electrons.